The summed E-state index contributed by atoms with van der Waals surface area (Å²) < 4.78 is 67.0. The van der Waals surface area contributed by atoms with E-state index in [1.54, 1.807) is 37.3 Å². The van der Waals surface area contributed by atoms with Gasteiger partial charge in [0, 0.05) is 5.39 Å². The summed E-state index contributed by atoms with van der Waals surface area (Å²) in [5.74, 6) is -4.27. The summed E-state index contributed by atoms with van der Waals surface area (Å²) in [5, 5.41) is 1.22. The van der Waals surface area contributed by atoms with Crippen LogP contribution in [0.25, 0.3) is 21.5 Å². The lowest BCUT2D eigenvalue weighted by atomic mass is 10.0. The fourth-order valence-corrected chi connectivity index (χ4v) is 3.19. The van der Waals surface area contributed by atoms with Crippen LogP contribution in [0.4, 0.5) is 22.0 Å². The van der Waals surface area contributed by atoms with E-state index in [1.165, 1.54) is 19.9 Å². The molecule has 0 bridgehead atoms. The Kier molecular flexibility index (Phi) is 5.60. The molecule has 4 rings (SSSR count). The zero-order valence-corrected chi connectivity index (χ0v) is 16.4. The standard InChI is InChI=1S/C12H9F3.C12H10F2/c1-6-3-4-8-5-7(2)11(14)12(15)9(8)10(6)13;1-7-3-4-9-6-8(2)11(13)12(14)10(9)5-7/h3-5H,1-2H3;3-6H,1-2H3. The first-order valence-corrected chi connectivity index (χ1v) is 9.00. The molecule has 0 fully saturated rings. The van der Waals surface area contributed by atoms with Gasteiger partial charge in [0.1, 0.15) is 5.82 Å². The summed E-state index contributed by atoms with van der Waals surface area (Å²) in [6.45, 7) is 6.40. The number of halogens is 5. The van der Waals surface area contributed by atoms with Crippen molar-refractivity contribution < 1.29 is 22.0 Å². The summed E-state index contributed by atoms with van der Waals surface area (Å²) in [5.41, 5.74) is 1.77. The van der Waals surface area contributed by atoms with E-state index in [0.717, 1.165) is 10.9 Å². The number of benzene rings is 4. The van der Waals surface area contributed by atoms with Crippen molar-refractivity contribution in [3.63, 3.8) is 0 Å². The van der Waals surface area contributed by atoms with Crippen LogP contribution in [0.5, 0.6) is 0 Å². The molecule has 0 aromatic heterocycles. The molecule has 4 aromatic carbocycles. The summed E-state index contributed by atoms with van der Waals surface area (Å²) in [6, 6.07) is 11.6. The van der Waals surface area contributed by atoms with Gasteiger partial charge in [0.2, 0.25) is 0 Å². The molecule has 0 saturated heterocycles. The lowest BCUT2D eigenvalue weighted by Crippen LogP contribution is -1.95. The maximum absolute atomic E-state index is 13.6. The Bertz CT molecular complexity index is 1240. The van der Waals surface area contributed by atoms with E-state index in [2.05, 4.69) is 0 Å². The van der Waals surface area contributed by atoms with Crippen molar-refractivity contribution in [2.45, 2.75) is 27.7 Å². The molecule has 0 amide bonds. The predicted octanol–water partition coefficient (Wildman–Crippen LogP) is 7.61. The number of hydrogen-bond donors (Lipinski definition) is 0. The maximum Gasteiger partial charge on any atom is 0.169 e. The van der Waals surface area contributed by atoms with Gasteiger partial charge in [-0.05, 0) is 73.4 Å². The fourth-order valence-electron chi connectivity index (χ4n) is 3.19. The largest absolute Gasteiger partial charge is 0.206 e. The molecule has 0 heterocycles. The van der Waals surface area contributed by atoms with Gasteiger partial charge < -0.3 is 0 Å². The predicted molar refractivity (Wildman–Crippen MR) is 107 cm³/mol. The van der Waals surface area contributed by atoms with E-state index in [9.17, 15) is 22.0 Å². The summed E-state index contributed by atoms with van der Waals surface area (Å²) in [6.07, 6.45) is 0. The van der Waals surface area contributed by atoms with Gasteiger partial charge >= 0.3 is 0 Å². The average Bonchev–Trinajstić information content (AvgIpc) is 2.68. The minimum atomic E-state index is -1.11. The van der Waals surface area contributed by atoms with Crippen molar-refractivity contribution in [3.8, 4) is 0 Å². The van der Waals surface area contributed by atoms with Crippen molar-refractivity contribution in [2.24, 2.45) is 0 Å². The highest BCUT2D eigenvalue weighted by Gasteiger charge is 2.15. The van der Waals surface area contributed by atoms with Gasteiger partial charge in [0.05, 0.1) is 5.39 Å². The molecule has 5 heteroatoms. The molecule has 0 radical (unpaired) electrons. The molecule has 0 spiro atoms. The molecular formula is C24H19F5. The molecule has 0 atom stereocenters. The maximum atomic E-state index is 13.6. The van der Waals surface area contributed by atoms with Crippen LogP contribution in [0.2, 0.25) is 0 Å². The number of hydrogen-bond acceptors (Lipinski definition) is 0. The van der Waals surface area contributed by atoms with Gasteiger partial charge in [0.25, 0.3) is 0 Å². The minimum absolute atomic E-state index is 0.184. The Hall–Kier alpha value is -2.95. The van der Waals surface area contributed by atoms with Gasteiger partial charge in [-0.15, -0.1) is 0 Å². The van der Waals surface area contributed by atoms with Gasteiger partial charge in [0.15, 0.2) is 23.3 Å². The molecule has 0 saturated carbocycles. The number of aryl methyl sites for hydroxylation is 4. The van der Waals surface area contributed by atoms with E-state index in [4.69, 9.17) is 0 Å². The van der Waals surface area contributed by atoms with Crippen LogP contribution in [0.15, 0.2) is 42.5 Å². The molecule has 0 aliphatic carbocycles. The van der Waals surface area contributed by atoms with Gasteiger partial charge in [-0.1, -0.05) is 29.8 Å². The topological polar surface area (TPSA) is 0 Å². The first kappa shape index (κ1) is 20.8. The first-order chi connectivity index (χ1) is 13.6. The van der Waals surface area contributed by atoms with E-state index >= 15 is 0 Å². The van der Waals surface area contributed by atoms with Crippen LogP contribution in [0, 0.1) is 56.8 Å². The molecule has 0 unspecified atom stereocenters. The molecule has 4 aromatic rings. The second-order valence-electron chi connectivity index (χ2n) is 7.16. The van der Waals surface area contributed by atoms with Crippen LogP contribution >= 0.6 is 0 Å². The second kappa shape index (κ2) is 7.82. The highest BCUT2D eigenvalue weighted by Crippen LogP contribution is 2.27. The zero-order valence-electron chi connectivity index (χ0n) is 16.4. The van der Waals surface area contributed by atoms with Crippen LogP contribution in [-0.4, -0.2) is 0 Å². The Morgan fingerprint density at radius 1 is 0.483 bits per heavy atom. The third-order valence-electron chi connectivity index (χ3n) is 4.85. The van der Waals surface area contributed by atoms with Gasteiger partial charge in [-0.2, -0.15) is 0 Å². The zero-order chi connectivity index (χ0) is 21.5. The number of fused-ring (bicyclic) bond motifs is 2. The van der Waals surface area contributed by atoms with E-state index in [1.807, 2.05) is 13.0 Å². The highest BCUT2D eigenvalue weighted by molar-refractivity contribution is 5.85. The minimum Gasteiger partial charge on any atom is -0.206 e. The normalized spacial score (nSPS) is 10.9. The summed E-state index contributed by atoms with van der Waals surface area (Å²) in [4.78, 5) is 0. The smallest absolute Gasteiger partial charge is 0.169 e. The third-order valence-corrected chi connectivity index (χ3v) is 4.85. The second-order valence-corrected chi connectivity index (χ2v) is 7.16. The average molecular weight is 402 g/mol. The lowest BCUT2D eigenvalue weighted by Gasteiger charge is -2.06. The van der Waals surface area contributed by atoms with Gasteiger partial charge in [-0.3, -0.25) is 0 Å². The quantitative estimate of drug-likeness (QED) is 0.266. The molecule has 0 nitrogen and oxygen atoms in total. The Balaban J connectivity index is 0.000000166. The van der Waals surface area contributed by atoms with Crippen molar-refractivity contribution in [2.75, 3.05) is 0 Å². The van der Waals surface area contributed by atoms with Crippen LogP contribution in [-0.2, 0) is 0 Å². The molecular weight excluding hydrogens is 383 g/mol. The summed E-state index contributed by atoms with van der Waals surface area (Å²) in [7, 11) is 0. The Labute approximate surface area is 165 Å². The molecule has 150 valence electrons. The van der Waals surface area contributed by atoms with Crippen LogP contribution in [0.3, 0.4) is 0 Å². The molecule has 29 heavy (non-hydrogen) atoms. The first-order valence-electron chi connectivity index (χ1n) is 9.00. The highest BCUT2D eigenvalue weighted by atomic mass is 19.2. The van der Waals surface area contributed by atoms with Crippen LogP contribution in [0.1, 0.15) is 22.3 Å². The monoisotopic (exact) mass is 402 g/mol. The summed E-state index contributed by atoms with van der Waals surface area (Å²) >= 11 is 0. The third kappa shape index (κ3) is 3.82. The molecule has 0 aliphatic rings. The molecule has 0 N–H and O–H groups in total. The van der Waals surface area contributed by atoms with Crippen molar-refractivity contribution in [1.29, 1.82) is 0 Å². The van der Waals surface area contributed by atoms with Crippen molar-refractivity contribution in [3.05, 3.63) is 93.8 Å². The van der Waals surface area contributed by atoms with E-state index in [-0.39, 0.29) is 10.9 Å². The van der Waals surface area contributed by atoms with Crippen molar-refractivity contribution >= 4 is 21.5 Å². The molecule has 0 aliphatic heterocycles. The Morgan fingerprint density at radius 3 is 1.69 bits per heavy atom. The van der Waals surface area contributed by atoms with Crippen LogP contribution < -0.4 is 0 Å². The Morgan fingerprint density at radius 2 is 1.03 bits per heavy atom. The van der Waals surface area contributed by atoms with E-state index < -0.39 is 29.1 Å². The van der Waals surface area contributed by atoms with Gasteiger partial charge in [-0.25, -0.2) is 22.0 Å². The SMILES string of the molecule is Cc1cc2ccc(C)c(F)c2c(F)c1F.Cc1ccc2cc(C)c(F)c(F)c2c1. The van der Waals surface area contributed by atoms with E-state index in [0.29, 0.717) is 21.9 Å². The van der Waals surface area contributed by atoms with Crippen molar-refractivity contribution in [1.82, 2.24) is 0 Å². The fraction of sp³-hybridized carbons (Fsp3) is 0.167. The number of rotatable bonds is 0. The lowest BCUT2D eigenvalue weighted by molar-refractivity contribution is 0.506.